The summed E-state index contributed by atoms with van der Waals surface area (Å²) in [7, 11) is 1.52. The molecule has 0 atom stereocenters. The zero-order valence-corrected chi connectivity index (χ0v) is 23.7. The maximum atomic E-state index is 13.6. The van der Waals surface area contributed by atoms with Crippen LogP contribution < -0.4 is 15.0 Å². The molecular formula is C27H37N7O6. The summed E-state index contributed by atoms with van der Waals surface area (Å²) in [6.07, 6.45) is 3.13. The minimum absolute atomic E-state index is 0.169. The van der Waals surface area contributed by atoms with E-state index in [2.05, 4.69) is 25.3 Å². The third kappa shape index (κ3) is 7.16. The van der Waals surface area contributed by atoms with E-state index in [4.69, 9.17) is 18.9 Å². The van der Waals surface area contributed by atoms with Gasteiger partial charge in [0, 0.05) is 38.4 Å². The fourth-order valence-corrected chi connectivity index (χ4v) is 4.24. The molecule has 0 radical (unpaired) electrons. The van der Waals surface area contributed by atoms with E-state index in [9.17, 15) is 9.59 Å². The van der Waals surface area contributed by atoms with Crippen molar-refractivity contribution < 1.29 is 28.5 Å². The van der Waals surface area contributed by atoms with Gasteiger partial charge in [-0.05, 0) is 46.2 Å². The molecule has 0 unspecified atom stereocenters. The first kappa shape index (κ1) is 29.0. The molecule has 0 spiro atoms. The second-order valence-corrected chi connectivity index (χ2v) is 10.1. The van der Waals surface area contributed by atoms with Crippen LogP contribution in [0, 0.1) is 0 Å². The zero-order valence-electron chi connectivity index (χ0n) is 23.7. The molecule has 3 aromatic heterocycles. The lowest BCUT2D eigenvalue weighted by atomic mass is 10.2. The van der Waals surface area contributed by atoms with Gasteiger partial charge < -0.3 is 24.3 Å². The van der Waals surface area contributed by atoms with Crippen molar-refractivity contribution in [2.75, 3.05) is 63.3 Å². The molecule has 0 saturated carbocycles. The molecule has 1 N–H and O–H groups in total. The smallest absolute Gasteiger partial charge is 0.416 e. The van der Waals surface area contributed by atoms with E-state index >= 15 is 0 Å². The van der Waals surface area contributed by atoms with Crippen molar-refractivity contribution in [3.8, 4) is 5.88 Å². The van der Waals surface area contributed by atoms with Crippen molar-refractivity contribution in [1.29, 1.82) is 0 Å². The van der Waals surface area contributed by atoms with Crippen molar-refractivity contribution in [3.05, 3.63) is 36.2 Å². The molecule has 0 aliphatic carbocycles. The normalized spacial score (nSPS) is 14.1. The molecule has 4 heterocycles. The quantitative estimate of drug-likeness (QED) is 0.369. The summed E-state index contributed by atoms with van der Waals surface area (Å²) in [6, 6.07) is 5.22. The van der Waals surface area contributed by atoms with Crippen molar-refractivity contribution in [2.45, 2.75) is 39.7 Å². The number of nitrogens with one attached hydrogen (secondary N) is 1. The number of pyridine rings is 1. The minimum atomic E-state index is -0.726. The minimum Gasteiger partial charge on any atom is -0.480 e. The lowest BCUT2D eigenvalue weighted by Crippen LogP contribution is -2.41. The van der Waals surface area contributed by atoms with E-state index in [0.717, 1.165) is 19.6 Å². The summed E-state index contributed by atoms with van der Waals surface area (Å²) >= 11 is 0. The predicted octanol–water partition coefficient (Wildman–Crippen LogP) is 3.52. The van der Waals surface area contributed by atoms with Gasteiger partial charge >= 0.3 is 12.1 Å². The van der Waals surface area contributed by atoms with Gasteiger partial charge in [-0.3, -0.25) is 9.80 Å². The van der Waals surface area contributed by atoms with Crippen LogP contribution in [0.4, 0.5) is 22.1 Å². The van der Waals surface area contributed by atoms with Crippen molar-refractivity contribution in [3.63, 3.8) is 0 Å². The van der Waals surface area contributed by atoms with Gasteiger partial charge in [0.15, 0.2) is 5.65 Å². The van der Waals surface area contributed by atoms with Gasteiger partial charge in [0.25, 0.3) is 0 Å². The molecule has 13 heteroatoms. The number of ether oxygens (including phenoxy) is 4. The molecule has 216 valence electrons. The number of aromatic nitrogens is 4. The van der Waals surface area contributed by atoms with Gasteiger partial charge in [-0.25, -0.2) is 19.6 Å². The van der Waals surface area contributed by atoms with E-state index in [0.29, 0.717) is 49.4 Å². The summed E-state index contributed by atoms with van der Waals surface area (Å²) < 4.78 is 23.3. The van der Waals surface area contributed by atoms with Crippen molar-refractivity contribution in [2.24, 2.45) is 0 Å². The number of amides is 1. The van der Waals surface area contributed by atoms with E-state index < -0.39 is 17.7 Å². The number of morpholine rings is 1. The Bertz CT molecular complexity index is 1320. The Labute approximate surface area is 233 Å². The Hall–Kier alpha value is -3.97. The number of carbonyl (C=O) groups excluding carboxylic acids is 2. The molecule has 3 aromatic rings. The van der Waals surface area contributed by atoms with Gasteiger partial charge in [0.1, 0.15) is 28.5 Å². The molecule has 0 aromatic carbocycles. The Morgan fingerprint density at radius 1 is 1.23 bits per heavy atom. The first-order valence-corrected chi connectivity index (χ1v) is 13.3. The third-order valence-electron chi connectivity index (χ3n) is 6.03. The number of methoxy groups -OCH3 is 1. The number of esters is 1. The molecule has 1 saturated heterocycles. The highest BCUT2D eigenvalue weighted by Crippen LogP contribution is 2.29. The van der Waals surface area contributed by atoms with Crippen LogP contribution in [0.5, 0.6) is 5.88 Å². The largest absolute Gasteiger partial charge is 0.480 e. The van der Waals surface area contributed by atoms with Crippen LogP contribution in [0.25, 0.3) is 5.65 Å². The van der Waals surface area contributed by atoms with E-state index in [1.165, 1.54) is 22.7 Å². The maximum absolute atomic E-state index is 13.6. The molecule has 1 fully saturated rings. The molecule has 1 amide bonds. The number of fused-ring (bicyclic) bond motifs is 1. The number of hydrogen-bond acceptors (Lipinski definition) is 11. The molecule has 40 heavy (non-hydrogen) atoms. The third-order valence-corrected chi connectivity index (χ3v) is 6.03. The van der Waals surface area contributed by atoms with Crippen LogP contribution in [0.1, 0.15) is 44.5 Å². The summed E-state index contributed by atoms with van der Waals surface area (Å²) in [6.45, 7) is 11.5. The summed E-state index contributed by atoms with van der Waals surface area (Å²) in [5.41, 5.74) is 0.224. The Balaban J connectivity index is 1.76. The monoisotopic (exact) mass is 555 g/mol. The Kier molecular flexibility index (Phi) is 9.38. The molecule has 0 bridgehead atoms. The highest BCUT2D eigenvalue weighted by molar-refractivity contribution is 5.97. The fraction of sp³-hybridized carbons (Fsp3) is 0.519. The highest BCUT2D eigenvalue weighted by Gasteiger charge is 2.28. The van der Waals surface area contributed by atoms with E-state index in [1.54, 1.807) is 31.3 Å². The number of anilines is 3. The summed E-state index contributed by atoms with van der Waals surface area (Å²) in [5, 5.41) is 7.61. The first-order chi connectivity index (χ1) is 19.2. The van der Waals surface area contributed by atoms with Gasteiger partial charge in [0.05, 0.1) is 33.1 Å². The summed E-state index contributed by atoms with van der Waals surface area (Å²) in [4.78, 5) is 39.0. The SMILES string of the molecule is CCOC(=O)c1cnn2c(N(CCCN3CCOCC3)C(=O)OC(C)(C)C)cc(Nc3cccnc3OC)nc12. The summed E-state index contributed by atoms with van der Waals surface area (Å²) in [5.74, 6) is 0.520. The Morgan fingerprint density at radius 3 is 2.70 bits per heavy atom. The van der Waals surface area contributed by atoms with Gasteiger partial charge in [0.2, 0.25) is 5.88 Å². The van der Waals surface area contributed by atoms with E-state index in [1.807, 2.05) is 20.8 Å². The zero-order chi connectivity index (χ0) is 28.7. The van der Waals surface area contributed by atoms with Gasteiger partial charge in [-0.15, -0.1) is 0 Å². The molecule has 1 aliphatic rings. The van der Waals surface area contributed by atoms with Crippen LogP contribution in [0.3, 0.4) is 0 Å². The molecule has 4 rings (SSSR count). The predicted molar refractivity (Wildman–Crippen MR) is 148 cm³/mol. The lowest BCUT2D eigenvalue weighted by molar-refractivity contribution is 0.0371. The van der Waals surface area contributed by atoms with Crippen LogP contribution in [0.2, 0.25) is 0 Å². The second-order valence-electron chi connectivity index (χ2n) is 10.1. The molecule has 13 nitrogen and oxygen atoms in total. The Morgan fingerprint density at radius 2 is 2.00 bits per heavy atom. The molecule has 1 aliphatic heterocycles. The highest BCUT2D eigenvalue weighted by atomic mass is 16.6. The average Bonchev–Trinajstić information content (AvgIpc) is 3.35. The van der Waals surface area contributed by atoms with Crippen molar-refractivity contribution >= 4 is 35.0 Å². The lowest BCUT2D eigenvalue weighted by Gasteiger charge is -2.30. The number of rotatable bonds is 10. The van der Waals surface area contributed by atoms with Gasteiger partial charge in [-0.1, -0.05) is 0 Å². The first-order valence-electron chi connectivity index (χ1n) is 13.3. The van der Waals surface area contributed by atoms with Gasteiger partial charge in [-0.2, -0.15) is 9.61 Å². The topological polar surface area (TPSA) is 133 Å². The average molecular weight is 556 g/mol. The van der Waals surface area contributed by atoms with E-state index in [-0.39, 0.29) is 17.8 Å². The number of carbonyl (C=O) groups is 2. The van der Waals surface area contributed by atoms with Crippen LogP contribution >= 0.6 is 0 Å². The number of hydrogen-bond donors (Lipinski definition) is 1. The van der Waals surface area contributed by atoms with Crippen LogP contribution in [-0.2, 0) is 14.2 Å². The van der Waals surface area contributed by atoms with Crippen LogP contribution in [0.15, 0.2) is 30.6 Å². The standard InChI is InChI=1S/C27H37N7O6/c1-6-39-25(35)19-18-29-34-22(17-21(31-23(19)34)30-20-9-7-10-28-24(20)37-5)33(26(36)40-27(2,3)4)12-8-11-32-13-15-38-16-14-32/h7,9-10,17-18H,6,8,11-16H2,1-5H3,(H,30,31). The number of nitrogens with zero attached hydrogens (tertiary/aromatic N) is 6. The second kappa shape index (κ2) is 12.9. The van der Waals surface area contributed by atoms with Crippen molar-refractivity contribution in [1.82, 2.24) is 24.5 Å². The van der Waals surface area contributed by atoms with Crippen LogP contribution in [-0.4, -0.2) is 95.3 Å². The fourth-order valence-electron chi connectivity index (χ4n) is 4.24. The maximum Gasteiger partial charge on any atom is 0.416 e. The molecular weight excluding hydrogens is 518 g/mol.